The number of rotatable bonds is 7. The minimum absolute atomic E-state index is 0.0175. The lowest BCUT2D eigenvalue weighted by Gasteiger charge is -2.11. The van der Waals surface area contributed by atoms with Crippen molar-refractivity contribution in [2.45, 2.75) is 12.5 Å². The van der Waals surface area contributed by atoms with Gasteiger partial charge in [0.05, 0.1) is 6.10 Å². The van der Waals surface area contributed by atoms with Crippen LogP contribution in [0.5, 0.6) is 0 Å². The van der Waals surface area contributed by atoms with Gasteiger partial charge in [0.25, 0.3) is 0 Å². The van der Waals surface area contributed by atoms with Crippen LogP contribution >= 0.6 is 0 Å². The molecule has 1 unspecified atom stereocenters. The molecule has 0 aliphatic rings. The number of hydrogen-bond donors (Lipinski definition) is 2. The van der Waals surface area contributed by atoms with E-state index in [0.717, 1.165) is 16.5 Å². The van der Waals surface area contributed by atoms with Crippen molar-refractivity contribution in [2.75, 3.05) is 6.54 Å². The van der Waals surface area contributed by atoms with Crippen molar-refractivity contribution in [3.8, 4) is 0 Å². The topological polar surface area (TPSA) is 66.4 Å². The molecule has 2 rings (SSSR count). The van der Waals surface area contributed by atoms with Gasteiger partial charge in [0, 0.05) is 12.0 Å². The van der Waals surface area contributed by atoms with Crippen molar-refractivity contribution in [3.63, 3.8) is 0 Å². The van der Waals surface area contributed by atoms with Crippen molar-refractivity contribution in [1.29, 1.82) is 0 Å². The van der Waals surface area contributed by atoms with Gasteiger partial charge in [-0.15, -0.1) is 0 Å². The van der Waals surface area contributed by atoms with Gasteiger partial charge in [0.15, 0.2) is 0 Å². The summed E-state index contributed by atoms with van der Waals surface area (Å²) in [6, 6.07) is 18.6. The summed E-state index contributed by atoms with van der Waals surface area (Å²) in [4.78, 5) is 0. The monoisotopic (exact) mass is 317 g/mol. The first-order chi connectivity index (χ1) is 10.6. The SMILES string of the molecule is O=S(=O)(/C=C/c1ccccc1)NCC(O)Cc1ccccc1. The molecule has 0 saturated heterocycles. The highest BCUT2D eigenvalue weighted by atomic mass is 32.2. The van der Waals surface area contributed by atoms with Crippen molar-refractivity contribution in [3.05, 3.63) is 77.2 Å². The third-order valence-corrected chi connectivity index (χ3v) is 4.14. The maximum Gasteiger partial charge on any atom is 0.233 e. The number of hydrogen-bond acceptors (Lipinski definition) is 3. The zero-order valence-corrected chi connectivity index (χ0v) is 12.9. The molecule has 22 heavy (non-hydrogen) atoms. The number of nitrogens with one attached hydrogen (secondary N) is 1. The molecule has 4 nitrogen and oxygen atoms in total. The average Bonchev–Trinajstić information content (AvgIpc) is 2.53. The summed E-state index contributed by atoms with van der Waals surface area (Å²) in [7, 11) is -3.56. The molecule has 2 aromatic carbocycles. The van der Waals surface area contributed by atoms with E-state index < -0.39 is 16.1 Å². The molecule has 1 atom stereocenters. The minimum atomic E-state index is -3.56. The second kappa shape index (κ2) is 7.89. The van der Waals surface area contributed by atoms with Gasteiger partial charge < -0.3 is 5.11 Å². The first kappa shape index (κ1) is 16.4. The van der Waals surface area contributed by atoms with Crippen molar-refractivity contribution < 1.29 is 13.5 Å². The number of sulfonamides is 1. The van der Waals surface area contributed by atoms with E-state index in [1.165, 1.54) is 6.08 Å². The quantitative estimate of drug-likeness (QED) is 0.822. The Bertz CT molecular complexity index is 697. The van der Waals surface area contributed by atoms with Crippen LogP contribution in [0.2, 0.25) is 0 Å². The van der Waals surface area contributed by atoms with Crippen LogP contribution in [0.1, 0.15) is 11.1 Å². The van der Waals surface area contributed by atoms with Gasteiger partial charge in [-0.25, -0.2) is 13.1 Å². The summed E-state index contributed by atoms with van der Waals surface area (Å²) < 4.78 is 26.1. The van der Waals surface area contributed by atoms with Gasteiger partial charge >= 0.3 is 0 Å². The zero-order chi connectivity index (χ0) is 15.8. The molecule has 0 aliphatic heterocycles. The Morgan fingerprint density at radius 3 is 2.23 bits per heavy atom. The molecule has 0 amide bonds. The van der Waals surface area contributed by atoms with Gasteiger partial charge in [0.1, 0.15) is 0 Å². The average molecular weight is 317 g/mol. The van der Waals surface area contributed by atoms with E-state index in [2.05, 4.69) is 4.72 Å². The summed E-state index contributed by atoms with van der Waals surface area (Å²) in [5.41, 5.74) is 1.77. The highest BCUT2D eigenvalue weighted by Crippen LogP contribution is 2.04. The summed E-state index contributed by atoms with van der Waals surface area (Å²) >= 11 is 0. The number of benzene rings is 2. The molecule has 0 fully saturated rings. The van der Waals surface area contributed by atoms with Gasteiger partial charge in [0.2, 0.25) is 10.0 Å². The highest BCUT2D eigenvalue weighted by molar-refractivity contribution is 7.92. The van der Waals surface area contributed by atoms with Crippen LogP contribution in [-0.4, -0.2) is 26.2 Å². The molecule has 0 aromatic heterocycles. The van der Waals surface area contributed by atoms with E-state index in [1.54, 1.807) is 0 Å². The fourth-order valence-electron chi connectivity index (χ4n) is 1.95. The summed E-state index contributed by atoms with van der Waals surface area (Å²) in [6.45, 7) is -0.0175. The molecule has 0 radical (unpaired) electrons. The summed E-state index contributed by atoms with van der Waals surface area (Å²) in [5, 5.41) is 11.0. The lowest BCUT2D eigenvalue weighted by Crippen LogP contribution is -2.32. The van der Waals surface area contributed by atoms with Crippen LogP contribution in [0, 0.1) is 0 Å². The zero-order valence-electron chi connectivity index (χ0n) is 12.1. The Morgan fingerprint density at radius 1 is 1.00 bits per heavy atom. The highest BCUT2D eigenvalue weighted by Gasteiger charge is 2.10. The van der Waals surface area contributed by atoms with Gasteiger partial charge in [-0.3, -0.25) is 0 Å². The van der Waals surface area contributed by atoms with Crippen LogP contribution in [0.15, 0.2) is 66.1 Å². The molecular weight excluding hydrogens is 298 g/mol. The van der Waals surface area contributed by atoms with Gasteiger partial charge in [-0.2, -0.15) is 0 Å². The maximum atomic E-state index is 11.9. The van der Waals surface area contributed by atoms with Crippen molar-refractivity contribution in [1.82, 2.24) is 4.72 Å². The minimum Gasteiger partial charge on any atom is -0.391 e. The Balaban J connectivity index is 1.86. The van der Waals surface area contributed by atoms with E-state index in [9.17, 15) is 13.5 Å². The van der Waals surface area contributed by atoms with Crippen LogP contribution in [0.25, 0.3) is 6.08 Å². The smallest absolute Gasteiger partial charge is 0.233 e. The third kappa shape index (κ3) is 5.81. The molecule has 0 bridgehead atoms. The van der Waals surface area contributed by atoms with Crippen molar-refractivity contribution >= 4 is 16.1 Å². The standard InChI is InChI=1S/C17H19NO3S/c19-17(13-16-9-5-2-6-10-16)14-18-22(20,21)12-11-15-7-3-1-4-8-15/h1-12,17-19H,13-14H2/b12-11+. The van der Waals surface area contributed by atoms with Gasteiger partial charge in [-0.1, -0.05) is 60.7 Å². The summed E-state index contributed by atoms with van der Waals surface area (Å²) in [5.74, 6) is 0. The number of aliphatic hydroxyl groups excluding tert-OH is 1. The Kier molecular flexibility index (Phi) is 5.89. The van der Waals surface area contributed by atoms with Crippen LogP contribution in [-0.2, 0) is 16.4 Å². The molecule has 116 valence electrons. The van der Waals surface area contributed by atoms with E-state index in [0.29, 0.717) is 6.42 Å². The molecule has 0 saturated carbocycles. The Hall–Kier alpha value is -1.95. The largest absolute Gasteiger partial charge is 0.391 e. The van der Waals surface area contributed by atoms with E-state index in [1.807, 2.05) is 60.7 Å². The summed E-state index contributed by atoms with van der Waals surface area (Å²) in [6.07, 6.45) is 1.17. The Morgan fingerprint density at radius 2 is 1.59 bits per heavy atom. The van der Waals surface area contributed by atoms with Crippen LogP contribution in [0.3, 0.4) is 0 Å². The molecule has 0 heterocycles. The predicted molar refractivity (Wildman–Crippen MR) is 88.6 cm³/mol. The maximum absolute atomic E-state index is 11.9. The molecule has 0 aliphatic carbocycles. The second-order valence-electron chi connectivity index (χ2n) is 4.95. The second-order valence-corrected chi connectivity index (χ2v) is 6.60. The van der Waals surface area contributed by atoms with Crippen LogP contribution < -0.4 is 4.72 Å². The normalized spacial score (nSPS) is 13.3. The third-order valence-electron chi connectivity index (χ3n) is 3.07. The lowest BCUT2D eigenvalue weighted by molar-refractivity contribution is 0.179. The Labute approximate surface area is 131 Å². The van der Waals surface area contributed by atoms with E-state index >= 15 is 0 Å². The van der Waals surface area contributed by atoms with E-state index in [-0.39, 0.29) is 6.54 Å². The first-order valence-corrected chi connectivity index (χ1v) is 8.54. The molecule has 2 aromatic rings. The lowest BCUT2D eigenvalue weighted by atomic mass is 10.1. The van der Waals surface area contributed by atoms with Gasteiger partial charge in [-0.05, 0) is 23.6 Å². The fraction of sp³-hybridized carbons (Fsp3) is 0.176. The van der Waals surface area contributed by atoms with Crippen LogP contribution in [0.4, 0.5) is 0 Å². The van der Waals surface area contributed by atoms with E-state index in [4.69, 9.17) is 0 Å². The molecule has 5 heteroatoms. The molecule has 0 spiro atoms. The molecule has 2 N–H and O–H groups in total. The van der Waals surface area contributed by atoms with Crippen molar-refractivity contribution in [2.24, 2.45) is 0 Å². The molecular formula is C17H19NO3S. The predicted octanol–water partition coefficient (Wildman–Crippen LogP) is 2.18. The fourth-order valence-corrected chi connectivity index (χ4v) is 2.81. The first-order valence-electron chi connectivity index (χ1n) is 7.00. The number of aliphatic hydroxyl groups is 1.